The van der Waals surface area contributed by atoms with Crippen molar-refractivity contribution in [2.75, 3.05) is 36.9 Å². The number of benzene rings is 3. The number of fused-ring (bicyclic) bond motifs is 1. The number of imidazole rings is 1. The third-order valence-electron chi connectivity index (χ3n) is 8.38. The Morgan fingerprint density at radius 3 is 2.39 bits per heavy atom. The predicted octanol–water partition coefficient (Wildman–Crippen LogP) is 4.60. The van der Waals surface area contributed by atoms with Crippen LogP contribution in [0.4, 0.5) is 28.9 Å². The van der Waals surface area contributed by atoms with E-state index in [0.717, 1.165) is 21.7 Å². The van der Waals surface area contributed by atoms with E-state index in [1.165, 1.54) is 26.3 Å². The molecule has 2 N–H and O–H groups in total. The van der Waals surface area contributed by atoms with Crippen molar-refractivity contribution in [3.8, 4) is 0 Å². The third-order valence-corrected chi connectivity index (χ3v) is 10.2. The van der Waals surface area contributed by atoms with Gasteiger partial charge in [0.1, 0.15) is 11.6 Å². The number of rotatable bonds is 7. The largest absolute Gasteiger partial charge is 0.469 e. The second kappa shape index (κ2) is 12.4. The number of piperidine rings is 1. The smallest absolute Gasteiger partial charge is 0.416 e. The Morgan fingerprint density at radius 2 is 1.76 bits per heavy atom. The summed E-state index contributed by atoms with van der Waals surface area (Å²) in [5.41, 5.74) is 0.604. The SMILES string of the molecule is COC(=O)[C@@H]1[C@@H](c2ccc(N(C)S(=O)(=O)c3ccc4c(c3)nc(C)n4C)cc2)CNC[C@H]1C(=O)Nc1ccc(C(F)(F)F)cc1F. The fourth-order valence-corrected chi connectivity index (χ4v) is 6.90. The summed E-state index contributed by atoms with van der Waals surface area (Å²) in [5.74, 6) is -4.74. The highest BCUT2D eigenvalue weighted by atomic mass is 32.2. The van der Waals surface area contributed by atoms with Gasteiger partial charge in [-0.15, -0.1) is 0 Å². The number of halogens is 4. The van der Waals surface area contributed by atoms with Gasteiger partial charge in [-0.2, -0.15) is 13.2 Å². The van der Waals surface area contributed by atoms with Crippen LogP contribution in [0, 0.1) is 24.6 Å². The number of hydrogen-bond donors (Lipinski definition) is 2. The van der Waals surface area contributed by atoms with Crippen molar-refractivity contribution in [3.63, 3.8) is 0 Å². The van der Waals surface area contributed by atoms with E-state index < -0.39 is 62.9 Å². The van der Waals surface area contributed by atoms with E-state index in [1.807, 2.05) is 18.5 Å². The minimum absolute atomic E-state index is 0.0174. The van der Waals surface area contributed by atoms with Crippen LogP contribution >= 0.6 is 0 Å². The molecule has 0 bridgehead atoms. The predicted molar refractivity (Wildman–Crippen MR) is 162 cm³/mol. The second-order valence-corrected chi connectivity index (χ2v) is 13.0. The van der Waals surface area contributed by atoms with Crippen LogP contribution in [0.2, 0.25) is 0 Å². The number of carbonyl (C=O) groups excluding carboxylic acids is 2. The number of nitrogens with zero attached hydrogens (tertiary/aromatic N) is 3. The molecule has 0 spiro atoms. The molecule has 10 nitrogen and oxygen atoms in total. The van der Waals surface area contributed by atoms with Crippen molar-refractivity contribution in [2.45, 2.75) is 23.9 Å². The van der Waals surface area contributed by atoms with Gasteiger partial charge in [0.15, 0.2) is 0 Å². The fourth-order valence-electron chi connectivity index (χ4n) is 5.68. The number of sulfonamides is 1. The molecule has 46 heavy (non-hydrogen) atoms. The number of aromatic nitrogens is 2. The Bertz CT molecular complexity index is 1910. The van der Waals surface area contributed by atoms with Gasteiger partial charge in [0.2, 0.25) is 5.91 Å². The number of amides is 1. The summed E-state index contributed by atoms with van der Waals surface area (Å²) < 4.78 is 88.3. The zero-order valence-electron chi connectivity index (χ0n) is 25.2. The zero-order valence-corrected chi connectivity index (χ0v) is 26.0. The van der Waals surface area contributed by atoms with Crippen molar-refractivity contribution < 1.29 is 40.3 Å². The quantitative estimate of drug-likeness (QED) is 0.219. The molecule has 1 aliphatic rings. The summed E-state index contributed by atoms with van der Waals surface area (Å²) in [6.07, 6.45) is -4.76. The minimum Gasteiger partial charge on any atom is -0.469 e. The number of hydrogen-bond acceptors (Lipinski definition) is 7. The van der Waals surface area contributed by atoms with Crippen LogP contribution < -0.4 is 14.9 Å². The van der Waals surface area contributed by atoms with E-state index in [0.29, 0.717) is 22.8 Å². The Morgan fingerprint density at radius 1 is 1.07 bits per heavy atom. The topological polar surface area (TPSA) is 123 Å². The van der Waals surface area contributed by atoms with Gasteiger partial charge in [0, 0.05) is 33.1 Å². The molecular formula is C31H31F4N5O5S. The lowest BCUT2D eigenvalue weighted by molar-refractivity contribution is -0.151. The molecule has 0 unspecified atom stereocenters. The first-order valence-corrected chi connectivity index (χ1v) is 15.6. The molecular weight excluding hydrogens is 630 g/mol. The summed E-state index contributed by atoms with van der Waals surface area (Å²) in [6, 6.07) is 12.9. The van der Waals surface area contributed by atoms with Crippen molar-refractivity contribution >= 4 is 44.3 Å². The summed E-state index contributed by atoms with van der Waals surface area (Å²) in [5, 5.41) is 5.38. The molecule has 1 aromatic heterocycles. The summed E-state index contributed by atoms with van der Waals surface area (Å²) in [7, 11) is 0.455. The maximum absolute atomic E-state index is 14.5. The van der Waals surface area contributed by atoms with Crippen LogP contribution in [-0.4, -0.2) is 57.1 Å². The third kappa shape index (κ3) is 6.16. The van der Waals surface area contributed by atoms with Gasteiger partial charge in [-0.1, -0.05) is 12.1 Å². The van der Waals surface area contributed by atoms with Crippen LogP contribution in [-0.2, 0) is 37.6 Å². The molecule has 3 atom stereocenters. The Labute approximate surface area is 262 Å². The van der Waals surface area contributed by atoms with Crippen LogP contribution in [0.1, 0.15) is 22.9 Å². The van der Waals surface area contributed by atoms with Crippen molar-refractivity contribution in [3.05, 3.63) is 83.4 Å². The Hall–Kier alpha value is -4.50. The lowest BCUT2D eigenvalue weighted by Gasteiger charge is -2.36. The van der Waals surface area contributed by atoms with Gasteiger partial charge in [-0.25, -0.2) is 17.8 Å². The molecule has 15 heteroatoms. The average Bonchev–Trinajstić information content (AvgIpc) is 3.32. The molecule has 5 rings (SSSR count). The normalized spacial score (nSPS) is 18.7. The highest BCUT2D eigenvalue weighted by Crippen LogP contribution is 2.37. The minimum atomic E-state index is -4.76. The van der Waals surface area contributed by atoms with E-state index in [9.17, 15) is 35.6 Å². The van der Waals surface area contributed by atoms with Gasteiger partial charge in [-0.3, -0.25) is 13.9 Å². The molecule has 1 amide bonds. The number of ether oxygens (including phenoxy) is 1. The van der Waals surface area contributed by atoms with Crippen LogP contribution in [0.3, 0.4) is 0 Å². The van der Waals surface area contributed by atoms with Crippen molar-refractivity contribution in [2.24, 2.45) is 18.9 Å². The Kier molecular flexibility index (Phi) is 8.84. The lowest BCUT2D eigenvalue weighted by atomic mass is 9.74. The second-order valence-electron chi connectivity index (χ2n) is 11.0. The molecule has 0 saturated carbocycles. The van der Waals surface area contributed by atoms with Gasteiger partial charge >= 0.3 is 12.1 Å². The first-order chi connectivity index (χ1) is 21.6. The van der Waals surface area contributed by atoms with Crippen molar-refractivity contribution in [1.29, 1.82) is 0 Å². The summed E-state index contributed by atoms with van der Waals surface area (Å²) in [6.45, 7) is 2.10. The van der Waals surface area contributed by atoms with E-state index in [2.05, 4.69) is 15.6 Å². The zero-order chi connectivity index (χ0) is 33.6. The van der Waals surface area contributed by atoms with Crippen LogP contribution in [0.15, 0.2) is 65.6 Å². The monoisotopic (exact) mass is 661 g/mol. The molecule has 0 aliphatic carbocycles. The number of methoxy groups -OCH3 is 1. The molecule has 1 aliphatic heterocycles. The van der Waals surface area contributed by atoms with Crippen LogP contribution in [0.25, 0.3) is 11.0 Å². The maximum Gasteiger partial charge on any atom is 0.416 e. The van der Waals surface area contributed by atoms with E-state index >= 15 is 0 Å². The fraction of sp³-hybridized carbons (Fsp3) is 0.323. The van der Waals surface area contributed by atoms with Gasteiger partial charge in [0.05, 0.1) is 51.8 Å². The van der Waals surface area contributed by atoms with E-state index in [1.54, 1.807) is 30.3 Å². The Balaban J connectivity index is 1.37. The molecule has 4 aromatic rings. The van der Waals surface area contributed by atoms with E-state index in [4.69, 9.17) is 4.74 Å². The first kappa shape index (κ1) is 32.9. The highest BCUT2D eigenvalue weighted by Gasteiger charge is 2.44. The maximum atomic E-state index is 14.5. The van der Waals surface area contributed by atoms with Crippen LogP contribution in [0.5, 0.6) is 0 Å². The number of alkyl halides is 3. The highest BCUT2D eigenvalue weighted by molar-refractivity contribution is 7.92. The van der Waals surface area contributed by atoms with Gasteiger partial charge in [0.25, 0.3) is 10.0 Å². The molecule has 244 valence electrons. The number of anilines is 2. The summed E-state index contributed by atoms with van der Waals surface area (Å²) >= 11 is 0. The lowest BCUT2D eigenvalue weighted by Crippen LogP contribution is -2.50. The number of carbonyl (C=O) groups is 2. The molecule has 2 heterocycles. The summed E-state index contributed by atoms with van der Waals surface area (Å²) in [4.78, 5) is 30.7. The van der Waals surface area contributed by atoms with Gasteiger partial charge < -0.3 is 19.9 Å². The first-order valence-electron chi connectivity index (χ1n) is 14.1. The molecule has 1 fully saturated rings. The average molecular weight is 662 g/mol. The molecule has 0 radical (unpaired) electrons. The number of nitrogens with one attached hydrogen (secondary N) is 2. The molecule has 1 saturated heterocycles. The number of aryl methyl sites for hydroxylation is 2. The standard InChI is InChI=1S/C31H31F4N5O5S/c1-17-37-26-14-21(10-12-27(26)39(17)2)46(43,44)40(3)20-8-5-18(6-9-20)22-15-36-16-23(28(22)30(42)45-4)29(41)38-25-11-7-19(13-24(25)32)31(33,34)35/h5-14,22-23,28,36H,15-16H2,1-4H3,(H,38,41)/t22-,23-,28-/m1/s1. The number of esters is 1. The van der Waals surface area contributed by atoms with Crippen molar-refractivity contribution in [1.82, 2.24) is 14.9 Å². The molecule has 3 aromatic carbocycles. The van der Waals surface area contributed by atoms with Gasteiger partial charge in [-0.05, 0) is 61.0 Å². The van der Waals surface area contributed by atoms with E-state index in [-0.39, 0.29) is 24.1 Å².